The second-order valence-electron chi connectivity index (χ2n) is 11.1. The molecule has 0 radical (unpaired) electrons. The maximum atomic E-state index is 6.27. The minimum absolute atomic E-state index is 0.242. The van der Waals surface area contributed by atoms with Crippen molar-refractivity contribution in [2.45, 2.75) is 51.6 Å². The minimum atomic E-state index is 0.242. The van der Waals surface area contributed by atoms with Crippen molar-refractivity contribution in [1.82, 2.24) is 9.80 Å². The standard InChI is InChI=1S/C30H42N10/c31-27(37-29(33)39-14-12-23-8-1-3-10-25(23)19-39)35-17-21-6-5-7-22(16-21)18-36-28(32)38-30(34)40-15-13-24-9-2-4-11-26(24)20-40/h1-4,8-11,21-22H,5-7,12-20H2,(H4,31,33,35,37)(H4,32,34,36,38). The van der Waals surface area contributed by atoms with Gasteiger partial charge in [0.25, 0.3) is 0 Å². The van der Waals surface area contributed by atoms with E-state index in [9.17, 15) is 0 Å². The van der Waals surface area contributed by atoms with Crippen molar-refractivity contribution >= 4 is 23.8 Å². The molecule has 40 heavy (non-hydrogen) atoms. The Bertz CT molecular complexity index is 1200. The summed E-state index contributed by atoms with van der Waals surface area (Å²) in [4.78, 5) is 22.0. The fourth-order valence-corrected chi connectivity index (χ4v) is 6.01. The number of rotatable bonds is 4. The van der Waals surface area contributed by atoms with E-state index in [0.717, 1.165) is 64.7 Å². The molecule has 2 heterocycles. The van der Waals surface area contributed by atoms with E-state index in [1.807, 2.05) is 0 Å². The molecular weight excluding hydrogens is 500 g/mol. The van der Waals surface area contributed by atoms with Crippen LogP contribution >= 0.6 is 0 Å². The Hall–Kier alpha value is -4.08. The minimum Gasteiger partial charge on any atom is -0.369 e. The highest BCUT2D eigenvalue weighted by molar-refractivity contribution is 5.94. The molecule has 0 aromatic heterocycles. The molecule has 1 saturated carbocycles. The molecule has 212 valence electrons. The lowest BCUT2D eigenvalue weighted by Gasteiger charge is -2.29. The van der Waals surface area contributed by atoms with Gasteiger partial charge in [-0.25, -0.2) is 0 Å². The summed E-state index contributed by atoms with van der Waals surface area (Å²) >= 11 is 0. The normalized spacial score (nSPS) is 22.6. The Morgan fingerprint density at radius 2 is 1.07 bits per heavy atom. The van der Waals surface area contributed by atoms with Gasteiger partial charge in [0, 0.05) is 39.3 Å². The SMILES string of the molecule is NC(=NCC1CCCC(CN=C(N)/N=C(\N)N2CCc3ccccc3C2)C1)/N=C(\N)N1CCc2ccccc2C1. The van der Waals surface area contributed by atoms with E-state index in [0.29, 0.717) is 36.8 Å². The topological polar surface area (TPSA) is 160 Å². The number of aliphatic imine (C=N–C) groups is 4. The Morgan fingerprint density at radius 1 is 0.650 bits per heavy atom. The van der Waals surface area contributed by atoms with Crippen molar-refractivity contribution in [1.29, 1.82) is 0 Å². The predicted octanol–water partition coefficient (Wildman–Crippen LogP) is 2.17. The lowest BCUT2D eigenvalue weighted by Crippen LogP contribution is -2.41. The van der Waals surface area contributed by atoms with E-state index in [1.54, 1.807) is 0 Å². The second kappa shape index (κ2) is 12.8. The van der Waals surface area contributed by atoms with E-state index in [-0.39, 0.29) is 11.9 Å². The van der Waals surface area contributed by atoms with Gasteiger partial charge in [-0.2, -0.15) is 9.98 Å². The largest absolute Gasteiger partial charge is 0.369 e. The van der Waals surface area contributed by atoms with E-state index < -0.39 is 0 Å². The van der Waals surface area contributed by atoms with E-state index in [2.05, 4.69) is 78.3 Å². The smallest absolute Gasteiger partial charge is 0.218 e. The van der Waals surface area contributed by atoms with Crippen LogP contribution in [0, 0.1) is 11.8 Å². The molecule has 1 fully saturated rings. The van der Waals surface area contributed by atoms with Gasteiger partial charge in [0.2, 0.25) is 11.9 Å². The van der Waals surface area contributed by atoms with Gasteiger partial charge in [0.15, 0.2) is 11.9 Å². The molecule has 0 saturated heterocycles. The summed E-state index contributed by atoms with van der Waals surface area (Å²) in [5, 5.41) is 0. The molecule has 0 bridgehead atoms. The lowest BCUT2D eigenvalue weighted by atomic mass is 9.81. The molecule has 8 N–H and O–H groups in total. The van der Waals surface area contributed by atoms with Crippen LogP contribution in [0.3, 0.4) is 0 Å². The fraction of sp³-hybridized carbons (Fsp3) is 0.467. The zero-order valence-electron chi connectivity index (χ0n) is 23.3. The first-order chi connectivity index (χ1) is 19.4. The zero-order chi connectivity index (χ0) is 27.9. The summed E-state index contributed by atoms with van der Waals surface area (Å²) in [6.07, 6.45) is 6.30. The molecule has 2 aliphatic heterocycles. The maximum Gasteiger partial charge on any atom is 0.218 e. The lowest BCUT2D eigenvalue weighted by molar-refractivity contribution is 0.278. The van der Waals surface area contributed by atoms with Gasteiger partial charge in [-0.1, -0.05) is 55.0 Å². The van der Waals surface area contributed by atoms with Crippen LogP contribution in [0.4, 0.5) is 0 Å². The van der Waals surface area contributed by atoms with Crippen molar-refractivity contribution in [3.8, 4) is 0 Å². The number of nitrogens with two attached hydrogens (primary N) is 4. The first-order valence-corrected chi connectivity index (χ1v) is 14.4. The third-order valence-electron chi connectivity index (χ3n) is 8.28. The average Bonchev–Trinajstić information content (AvgIpc) is 2.98. The molecule has 1 aliphatic carbocycles. The number of hydrogen-bond donors (Lipinski definition) is 4. The van der Waals surface area contributed by atoms with Crippen LogP contribution in [0.2, 0.25) is 0 Å². The van der Waals surface area contributed by atoms with Gasteiger partial charge in [-0.3, -0.25) is 9.98 Å². The summed E-state index contributed by atoms with van der Waals surface area (Å²) in [7, 11) is 0. The Balaban J connectivity index is 1.09. The highest BCUT2D eigenvalue weighted by atomic mass is 15.3. The Kier molecular flexibility index (Phi) is 8.83. The third-order valence-corrected chi connectivity index (χ3v) is 8.28. The van der Waals surface area contributed by atoms with E-state index in [4.69, 9.17) is 22.9 Å². The maximum absolute atomic E-state index is 6.27. The highest BCUT2D eigenvalue weighted by Crippen LogP contribution is 2.29. The van der Waals surface area contributed by atoms with Gasteiger partial charge in [0.05, 0.1) is 0 Å². The molecule has 10 heteroatoms. The number of nitrogens with zero attached hydrogens (tertiary/aromatic N) is 6. The predicted molar refractivity (Wildman–Crippen MR) is 163 cm³/mol. The molecule has 0 amide bonds. The summed E-state index contributed by atoms with van der Waals surface area (Å²) in [5.41, 5.74) is 30.1. The summed E-state index contributed by atoms with van der Waals surface area (Å²) < 4.78 is 0. The van der Waals surface area contributed by atoms with Gasteiger partial charge in [-0.05, 0) is 66.2 Å². The van der Waals surface area contributed by atoms with E-state index >= 15 is 0 Å². The van der Waals surface area contributed by atoms with E-state index in [1.165, 1.54) is 22.3 Å². The van der Waals surface area contributed by atoms with Crippen LogP contribution in [-0.4, -0.2) is 59.8 Å². The number of benzene rings is 2. The first kappa shape index (κ1) is 27.5. The van der Waals surface area contributed by atoms with Crippen LogP contribution in [-0.2, 0) is 25.9 Å². The number of guanidine groups is 4. The van der Waals surface area contributed by atoms with Crippen LogP contribution < -0.4 is 22.9 Å². The number of fused-ring (bicyclic) bond motifs is 2. The van der Waals surface area contributed by atoms with Crippen molar-refractivity contribution < 1.29 is 0 Å². The Labute approximate surface area is 237 Å². The first-order valence-electron chi connectivity index (χ1n) is 14.4. The van der Waals surface area contributed by atoms with Gasteiger partial charge in [0.1, 0.15) is 0 Å². The van der Waals surface area contributed by atoms with Crippen LogP contribution in [0.5, 0.6) is 0 Å². The molecule has 5 rings (SSSR count). The highest BCUT2D eigenvalue weighted by Gasteiger charge is 2.23. The zero-order valence-corrected chi connectivity index (χ0v) is 23.3. The number of hydrogen-bond acceptors (Lipinski definition) is 2. The molecule has 2 aromatic carbocycles. The fourth-order valence-electron chi connectivity index (χ4n) is 6.01. The monoisotopic (exact) mass is 542 g/mol. The van der Waals surface area contributed by atoms with Crippen molar-refractivity contribution in [3.05, 3.63) is 70.8 Å². The molecule has 3 aliphatic rings. The van der Waals surface area contributed by atoms with Gasteiger partial charge in [-0.15, -0.1) is 0 Å². The van der Waals surface area contributed by atoms with Gasteiger partial charge >= 0.3 is 0 Å². The van der Waals surface area contributed by atoms with Crippen LogP contribution in [0.25, 0.3) is 0 Å². The van der Waals surface area contributed by atoms with Crippen molar-refractivity contribution in [2.75, 3.05) is 26.2 Å². The molecule has 0 spiro atoms. The quantitative estimate of drug-likeness (QED) is 0.342. The summed E-state index contributed by atoms with van der Waals surface area (Å²) in [5.74, 6) is 2.21. The molecule has 2 atom stereocenters. The molecular formula is C30H42N10. The Morgan fingerprint density at radius 3 is 1.52 bits per heavy atom. The van der Waals surface area contributed by atoms with Crippen LogP contribution in [0.15, 0.2) is 68.5 Å². The summed E-state index contributed by atoms with van der Waals surface area (Å²) in [6, 6.07) is 16.9. The molecule has 2 unspecified atom stereocenters. The summed E-state index contributed by atoms with van der Waals surface area (Å²) in [6.45, 7) is 4.43. The molecule has 2 aromatic rings. The molecule has 10 nitrogen and oxygen atoms in total. The van der Waals surface area contributed by atoms with Crippen molar-refractivity contribution in [2.24, 2.45) is 54.7 Å². The van der Waals surface area contributed by atoms with Crippen molar-refractivity contribution in [3.63, 3.8) is 0 Å². The second-order valence-corrected chi connectivity index (χ2v) is 11.1. The van der Waals surface area contributed by atoms with Gasteiger partial charge < -0.3 is 32.7 Å². The third kappa shape index (κ3) is 7.11. The average molecular weight is 543 g/mol. The van der Waals surface area contributed by atoms with Crippen LogP contribution in [0.1, 0.15) is 47.9 Å².